The largest absolute Gasteiger partial charge is 0.496 e. The zero-order valence-corrected chi connectivity index (χ0v) is 9.02. The molecule has 0 amide bonds. The molecule has 0 aliphatic heterocycles. The Balaban J connectivity index is 2.74. The third kappa shape index (κ3) is 1.38. The first kappa shape index (κ1) is 9.49. The number of aryl methyl sites for hydroxylation is 1. The Kier molecular flexibility index (Phi) is 2.44. The monoisotopic (exact) mass is 208 g/mol. The minimum atomic E-state index is 0.0991. The van der Waals surface area contributed by atoms with Crippen molar-refractivity contribution in [1.82, 2.24) is 0 Å². The number of aliphatic hydroxyl groups is 1. The first-order chi connectivity index (χ1) is 6.76. The number of thiophene rings is 1. The quantitative estimate of drug-likeness (QED) is 0.822. The molecular formula is C11H12O2S. The summed E-state index contributed by atoms with van der Waals surface area (Å²) < 4.78 is 6.47. The number of hydrogen-bond acceptors (Lipinski definition) is 3. The van der Waals surface area contributed by atoms with Crippen LogP contribution in [0.3, 0.4) is 0 Å². The van der Waals surface area contributed by atoms with E-state index in [0.29, 0.717) is 0 Å². The van der Waals surface area contributed by atoms with Gasteiger partial charge in [-0.25, -0.2) is 0 Å². The summed E-state index contributed by atoms with van der Waals surface area (Å²) in [5.74, 6) is 0.876. The van der Waals surface area contributed by atoms with Gasteiger partial charge in [0.1, 0.15) is 5.75 Å². The SMILES string of the molecule is COc1ccc(C)c2sc(CO)cc12. The van der Waals surface area contributed by atoms with Crippen LogP contribution in [-0.2, 0) is 6.61 Å². The Bertz CT molecular complexity index is 460. The zero-order chi connectivity index (χ0) is 10.1. The summed E-state index contributed by atoms with van der Waals surface area (Å²) in [5, 5.41) is 10.2. The van der Waals surface area contributed by atoms with Crippen LogP contribution in [0, 0.1) is 6.92 Å². The molecule has 1 aromatic heterocycles. The second-order valence-corrected chi connectivity index (χ2v) is 4.34. The summed E-state index contributed by atoms with van der Waals surface area (Å²) in [6.45, 7) is 2.17. The van der Waals surface area contributed by atoms with E-state index in [9.17, 15) is 0 Å². The van der Waals surface area contributed by atoms with E-state index < -0.39 is 0 Å². The van der Waals surface area contributed by atoms with Crippen LogP contribution in [0.4, 0.5) is 0 Å². The fourth-order valence-electron chi connectivity index (χ4n) is 1.54. The maximum atomic E-state index is 9.06. The average Bonchev–Trinajstić information content (AvgIpc) is 2.63. The van der Waals surface area contributed by atoms with Crippen LogP contribution in [0.2, 0.25) is 0 Å². The Morgan fingerprint density at radius 3 is 2.86 bits per heavy atom. The molecule has 0 atom stereocenters. The molecule has 1 heterocycles. The minimum Gasteiger partial charge on any atom is -0.496 e. The molecule has 2 aromatic rings. The van der Waals surface area contributed by atoms with Crippen molar-refractivity contribution >= 4 is 21.4 Å². The van der Waals surface area contributed by atoms with E-state index in [2.05, 4.69) is 6.92 Å². The molecule has 0 bridgehead atoms. The molecule has 0 saturated heterocycles. The molecule has 0 radical (unpaired) electrons. The molecule has 3 heteroatoms. The van der Waals surface area contributed by atoms with E-state index in [-0.39, 0.29) is 6.61 Å². The van der Waals surface area contributed by atoms with Gasteiger partial charge in [0.2, 0.25) is 0 Å². The smallest absolute Gasteiger partial charge is 0.127 e. The fraction of sp³-hybridized carbons (Fsp3) is 0.273. The van der Waals surface area contributed by atoms with Crippen molar-refractivity contribution in [3.63, 3.8) is 0 Å². The highest BCUT2D eigenvalue weighted by atomic mass is 32.1. The highest BCUT2D eigenvalue weighted by Crippen LogP contribution is 2.34. The summed E-state index contributed by atoms with van der Waals surface area (Å²) >= 11 is 1.62. The minimum absolute atomic E-state index is 0.0991. The van der Waals surface area contributed by atoms with Crippen LogP contribution in [0.15, 0.2) is 18.2 Å². The maximum absolute atomic E-state index is 9.06. The van der Waals surface area contributed by atoms with E-state index in [1.165, 1.54) is 10.3 Å². The molecule has 1 N–H and O–H groups in total. The summed E-state index contributed by atoms with van der Waals surface area (Å²) in [7, 11) is 1.67. The van der Waals surface area contributed by atoms with Crippen LogP contribution >= 0.6 is 11.3 Å². The Morgan fingerprint density at radius 1 is 1.43 bits per heavy atom. The molecule has 0 aliphatic carbocycles. The lowest BCUT2D eigenvalue weighted by atomic mass is 10.1. The van der Waals surface area contributed by atoms with Crippen molar-refractivity contribution in [1.29, 1.82) is 0 Å². The van der Waals surface area contributed by atoms with E-state index in [4.69, 9.17) is 9.84 Å². The second-order valence-electron chi connectivity index (χ2n) is 3.20. The molecule has 0 unspecified atom stereocenters. The third-order valence-electron chi connectivity index (χ3n) is 2.27. The molecule has 2 rings (SSSR count). The van der Waals surface area contributed by atoms with Gasteiger partial charge in [0.15, 0.2) is 0 Å². The maximum Gasteiger partial charge on any atom is 0.127 e. The number of hydrogen-bond donors (Lipinski definition) is 1. The van der Waals surface area contributed by atoms with Crippen molar-refractivity contribution in [2.75, 3.05) is 7.11 Å². The van der Waals surface area contributed by atoms with Gasteiger partial charge in [0.25, 0.3) is 0 Å². The first-order valence-electron chi connectivity index (χ1n) is 4.43. The normalized spacial score (nSPS) is 10.8. The molecular weight excluding hydrogens is 196 g/mol. The number of fused-ring (bicyclic) bond motifs is 1. The number of aliphatic hydroxyl groups excluding tert-OH is 1. The molecule has 74 valence electrons. The van der Waals surface area contributed by atoms with Gasteiger partial charge in [-0.2, -0.15) is 0 Å². The predicted octanol–water partition coefficient (Wildman–Crippen LogP) is 2.71. The van der Waals surface area contributed by atoms with Crippen molar-refractivity contribution in [3.8, 4) is 5.75 Å². The Labute approximate surface area is 86.8 Å². The van der Waals surface area contributed by atoms with E-state index in [1.807, 2.05) is 18.2 Å². The lowest BCUT2D eigenvalue weighted by molar-refractivity contribution is 0.285. The van der Waals surface area contributed by atoms with Gasteiger partial charge in [-0.05, 0) is 24.6 Å². The topological polar surface area (TPSA) is 29.5 Å². The van der Waals surface area contributed by atoms with Crippen molar-refractivity contribution in [2.24, 2.45) is 0 Å². The van der Waals surface area contributed by atoms with Gasteiger partial charge in [-0.3, -0.25) is 0 Å². The number of ether oxygens (including phenoxy) is 1. The van der Waals surface area contributed by atoms with Crippen molar-refractivity contribution in [2.45, 2.75) is 13.5 Å². The Morgan fingerprint density at radius 2 is 2.21 bits per heavy atom. The third-order valence-corrected chi connectivity index (χ3v) is 3.52. The van der Waals surface area contributed by atoms with Gasteiger partial charge < -0.3 is 9.84 Å². The number of methoxy groups -OCH3 is 1. The average molecular weight is 208 g/mol. The van der Waals surface area contributed by atoms with Gasteiger partial charge in [-0.15, -0.1) is 11.3 Å². The van der Waals surface area contributed by atoms with Gasteiger partial charge >= 0.3 is 0 Å². The lowest BCUT2D eigenvalue weighted by Crippen LogP contribution is -1.83. The fourth-order valence-corrected chi connectivity index (χ4v) is 2.54. The van der Waals surface area contributed by atoms with Crippen molar-refractivity contribution < 1.29 is 9.84 Å². The van der Waals surface area contributed by atoms with E-state index in [1.54, 1.807) is 18.4 Å². The van der Waals surface area contributed by atoms with E-state index in [0.717, 1.165) is 16.0 Å². The molecule has 1 aromatic carbocycles. The number of benzene rings is 1. The van der Waals surface area contributed by atoms with Gasteiger partial charge in [0, 0.05) is 15.0 Å². The number of rotatable bonds is 2. The van der Waals surface area contributed by atoms with Crippen LogP contribution in [0.1, 0.15) is 10.4 Å². The standard InChI is InChI=1S/C11H12O2S/c1-7-3-4-10(13-2)9-5-8(6-12)14-11(7)9/h3-5,12H,6H2,1-2H3. The van der Waals surface area contributed by atoms with Gasteiger partial charge in [0.05, 0.1) is 13.7 Å². The van der Waals surface area contributed by atoms with Crippen LogP contribution in [-0.4, -0.2) is 12.2 Å². The molecule has 2 nitrogen and oxygen atoms in total. The summed E-state index contributed by atoms with van der Waals surface area (Å²) in [6.07, 6.45) is 0. The van der Waals surface area contributed by atoms with Crippen molar-refractivity contribution in [3.05, 3.63) is 28.6 Å². The van der Waals surface area contributed by atoms with Gasteiger partial charge in [-0.1, -0.05) is 6.07 Å². The Hall–Kier alpha value is -1.06. The van der Waals surface area contributed by atoms with E-state index >= 15 is 0 Å². The predicted molar refractivity (Wildman–Crippen MR) is 59.0 cm³/mol. The summed E-state index contributed by atoms with van der Waals surface area (Å²) in [5.41, 5.74) is 1.23. The first-order valence-corrected chi connectivity index (χ1v) is 5.24. The molecule has 0 fully saturated rings. The molecule has 0 aliphatic rings. The second kappa shape index (κ2) is 3.59. The lowest BCUT2D eigenvalue weighted by Gasteiger charge is -2.02. The molecule has 14 heavy (non-hydrogen) atoms. The summed E-state index contributed by atoms with van der Waals surface area (Å²) in [6, 6.07) is 6.00. The zero-order valence-electron chi connectivity index (χ0n) is 8.20. The molecule has 0 saturated carbocycles. The van der Waals surface area contributed by atoms with Crippen LogP contribution in [0.25, 0.3) is 10.1 Å². The summed E-state index contributed by atoms with van der Waals surface area (Å²) in [4.78, 5) is 0.979. The highest BCUT2D eigenvalue weighted by molar-refractivity contribution is 7.19. The molecule has 0 spiro atoms. The van der Waals surface area contributed by atoms with Crippen LogP contribution < -0.4 is 4.74 Å². The highest BCUT2D eigenvalue weighted by Gasteiger charge is 2.08. The van der Waals surface area contributed by atoms with Crippen LogP contribution in [0.5, 0.6) is 5.75 Å².